The zero-order chi connectivity index (χ0) is 18.8. The Kier molecular flexibility index (Phi) is 4.79. The quantitative estimate of drug-likeness (QED) is 0.770. The Morgan fingerprint density at radius 2 is 2.19 bits per heavy atom. The van der Waals surface area contributed by atoms with Gasteiger partial charge >= 0.3 is 0 Å². The maximum absolute atomic E-state index is 12.6. The summed E-state index contributed by atoms with van der Waals surface area (Å²) < 4.78 is 2.08. The number of hydrogen-bond acceptors (Lipinski definition) is 4. The number of piperidine rings is 1. The number of nitrogens with zero attached hydrogens (tertiary/aromatic N) is 4. The van der Waals surface area contributed by atoms with Crippen LogP contribution < -0.4 is 5.32 Å². The molecule has 1 amide bonds. The lowest BCUT2D eigenvalue weighted by Gasteiger charge is -2.30. The predicted octanol–water partition coefficient (Wildman–Crippen LogP) is 3.52. The first-order valence-electron chi connectivity index (χ1n) is 9.53. The third-order valence-corrected chi connectivity index (χ3v) is 5.15. The third-order valence-electron chi connectivity index (χ3n) is 5.15. The van der Waals surface area contributed by atoms with E-state index in [1.165, 1.54) is 6.42 Å². The fraction of sp³-hybridized carbons (Fsp3) is 0.381. The predicted molar refractivity (Wildman–Crippen MR) is 106 cm³/mol. The van der Waals surface area contributed by atoms with Gasteiger partial charge in [-0.15, -0.1) is 0 Å². The van der Waals surface area contributed by atoms with Gasteiger partial charge in [-0.25, -0.2) is 9.97 Å². The van der Waals surface area contributed by atoms with Crippen molar-refractivity contribution in [3.05, 3.63) is 59.7 Å². The maximum Gasteiger partial charge on any atom is 0.255 e. The van der Waals surface area contributed by atoms with Crippen LogP contribution in [0.2, 0.25) is 0 Å². The summed E-state index contributed by atoms with van der Waals surface area (Å²) in [7, 11) is 0. The number of likely N-dealkylation sites (tertiary alicyclic amines) is 1. The summed E-state index contributed by atoms with van der Waals surface area (Å²) in [5, 5.41) is 3.28. The fourth-order valence-corrected chi connectivity index (χ4v) is 3.65. The molecular formula is C21H25N5O. The monoisotopic (exact) mass is 363 g/mol. The van der Waals surface area contributed by atoms with Gasteiger partial charge in [0, 0.05) is 31.2 Å². The minimum Gasteiger partial charge on any atom is -0.364 e. The second kappa shape index (κ2) is 7.39. The lowest BCUT2D eigenvalue weighted by atomic mass is 10.00. The molecule has 6 nitrogen and oxygen atoms in total. The molecule has 140 valence electrons. The molecule has 3 aromatic heterocycles. The van der Waals surface area contributed by atoms with Crippen LogP contribution in [-0.4, -0.2) is 38.3 Å². The van der Waals surface area contributed by atoms with Gasteiger partial charge in [0.05, 0.1) is 17.8 Å². The van der Waals surface area contributed by atoms with Crippen LogP contribution in [0.5, 0.6) is 0 Å². The van der Waals surface area contributed by atoms with Crippen LogP contribution in [0.25, 0.3) is 5.65 Å². The number of imidazole rings is 1. The summed E-state index contributed by atoms with van der Waals surface area (Å²) >= 11 is 0. The number of pyridine rings is 2. The highest BCUT2D eigenvalue weighted by molar-refractivity contribution is 5.94. The van der Waals surface area contributed by atoms with Gasteiger partial charge in [0.1, 0.15) is 11.5 Å². The Bertz CT molecular complexity index is 947. The van der Waals surface area contributed by atoms with Crippen LogP contribution in [0.4, 0.5) is 5.82 Å². The maximum atomic E-state index is 12.6. The van der Waals surface area contributed by atoms with Crippen molar-refractivity contribution in [3.8, 4) is 0 Å². The Morgan fingerprint density at radius 3 is 2.93 bits per heavy atom. The van der Waals surface area contributed by atoms with Crippen molar-refractivity contribution in [2.24, 2.45) is 5.92 Å². The molecule has 0 aliphatic carbocycles. The minimum atomic E-state index is 0.0800. The molecule has 4 heterocycles. The average Bonchev–Trinajstić information content (AvgIpc) is 3.11. The van der Waals surface area contributed by atoms with Crippen molar-refractivity contribution >= 4 is 17.4 Å². The number of carbonyl (C=O) groups excluding carboxylic acids is 1. The highest BCUT2D eigenvalue weighted by atomic mass is 16.2. The van der Waals surface area contributed by atoms with E-state index in [-0.39, 0.29) is 5.91 Å². The van der Waals surface area contributed by atoms with E-state index in [0.29, 0.717) is 18.0 Å². The number of aromatic nitrogens is 3. The first-order chi connectivity index (χ1) is 13.1. The van der Waals surface area contributed by atoms with E-state index in [1.807, 2.05) is 35.4 Å². The molecule has 1 aliphatic heterocycles. The summed E-state index contributed by atoms with van der Waals surface area (Å²) in [5.74, 6) is 1.40. The smallest absolute Gasteiger partial charge is 0.255 e. The van der Waals surface area contributed by atoms with Gasteiger partial charge in [-0.2, -0.15) is 0 Å². The number of hydrogen-bond donors (Lipinski definition) is 1. The van der Waals surface area contributed by atoms with E-state index >= 15 is 0 Å². The van der Waals surface area contributed by atoms with Crippen molar-refractivity contribution in [2.75, 3.05) is 18.4 Å². The summed E-state index contributed by atoms with van der Waals surface area (Å²) in [6, 6.07) is 9.78. The lowest BCUT2D eigenvalue weighted by Crippen LogP contribution is -2.39. The van der Waals surface area contributed by atoms with E-state index < -0.39 is 0 Å². The zero-order valence-electron chi connectivity index (χ0n) is 15.9. The molecule has 4 rings (SSSR count). The van der Waals surface area contributed by atoms with E-state index in [4.69, 9.17) is 0 Å². The molecule has 6 heteroatoms. The third kappa shape index (κ3) is 3.79. The summed E-state index contributed by atoms with van der Waals surface area (Å²) in [5.41, 5.74) is 3.70. The molecule has 0 bridgehead atoms. The molecule has 1 unspecified atom stereocenters. The van der Waals surface area contributed by atoms with E-state index in [2.05, 4.69) is 39.6 Å². The number of fused-ring (bicyclic) bond motifs is 1. The van der Waals surface area contributed by atoms with Gasteiger partial charge < -0.3 is 14.6 Å². The fourth-order valence-electron chi connectivity index (χ4n) is 3.65. The van der Waals surface area contributed by atoms with Crippen molar-refractivity contribution in [1.29, 1.82) is 0 Å². The number of nitrogens with one attached hydrogen (secondary N) is 1. The topological polar surface area (TPSA) is 62.5 Å². The number of rotatable bonds is 4. The molecule has 0 saturated carbocycles. The van der Waals surface area contributed by atoms with Crippen LogP contribution in [0.15, 0.2) is 42.7 Å². The number of aryl methyl sites for hydroxylation is 1. The summed E-state index contributed by atoms with van der Waals surface area (Å²) in [4.78, 5) is 23.6. The second-order valence-corrected chi connectivity index (χ2v) is 7.41. The molecule has 1 saturated heterocycles. The van der Waals surface area contributed by atoms with Crippen LogP contribution in [0.3, 0.4) is 0 Å². The first-order valence-corrected chi connectivity index (χ1v) is 9.53. The number of anilines is 1. The van der Waals surface area contributed by atoms with Crippen molar-refractivity contribution in [3.63, 3.8) is 0 Å². The van der Waals surface area contributed by atoms with Crippen molar-refractivity contribution in [1.82, 2.24) is 19.3 Å². The molecular weight excluding hydrogens is 338 g/mol. The van der Waals surface area contributed by atoms with Crippen LogP contribution in [0, 0.1) is 12.8 Å². The van der Waals surface area contributed by atoms with E-state index in [0.717, 1.165) is 42.4 Å². The zero-order valence-corrected chi connectivity index (χ0v) is 15.9. The van der Waals surface area contributed by atoms with Gasteiger partial charge in [0.2, 0.25) is 0 Å². The molecule has 1 atom stereocenters. The normalized spacial score (nSPS) is 17.3. The molecule has 0 spiro atoms. The standard InChI is InChI=1S/C21H25N5O/c1-15-5-4-10-25(13-15)21(27)17-8-9-19(22-11-17)23-12-18-14-26-16(2)6-3-7-20(26)24-18/h3,6-9,11,14-15H,4-5,10,12-13H2,1-2H3,(H,22,23). The lowest BCUT2D eigenvalue weighted by molar-refractivity contribution is 0.0682. The molecule has 27 heavy (non-hydrogen) atoms. The van der Waals surface area contributed by atoms with E-state index in [9.17, 15) is 4.79 Å². The average molecular weight is 363 g/mol. The molecule has 0 aromatic carbocycles. The minimum absolute atomic E-state index is 0.0800. The first kappa shape index (κ1) is 17.5. The van der Waals surface area contributed by atoms with Gasteiger partial charge in [-0.05, 0) is 49.9 Å². The van der Waals surface area contributed by atoms with Crippen LogP contribution in [-0.2, 0) is 6.54 Å². The molecule has 1 aliphatic rings. The Hall–Kier alpha value is -2.89. The summed E-state index contributed by atoms with van der Waals surface area (Å²) in [6.07, 6.45) is 5.98. The molecule has 0 radical (unpaired) electrons. The van der Waals surface area contributed by atoms with Crippen LogP contribution in [0.1, 0.15) is 41.5 Å². The Labute approximate surface area is 159 Å². The van der Waals surface area contributed by atoms with Gasteiger partial charge in [-0.1, -0.05) is 13.0 Å². The van der Waals surface area contributed by atoms with Crippen molar-refractivity contribution in [2.45, 2.75) is 33.2 Å². The summed E-state index contributed by atoms with van der Waals surface area (Å²) in [6.45, 7) is 6.53. The molecule has 3 aromatic rings. The molecule has 1 N–H and O–H groups in total. The SMILES string of the molecule is Cc1cccc2nc(CNc3ccc(C(=O)N4CCCC(C)C4)cn3)cn12. The van der Waals surface area contributed by atoms with Gasteiger partial charge in [-0.3, -0.25) is 4.79 Å². The van der Waals surface area contributed by atoms with Crippen LogP contribution >= 0.6 is 0 Å². The Balaban J connectivity index is 1.40. The number of carbonyl (C=O) groups is 1. The van der Waals surface area contributed by atoms with Crippen molar-refractivity contribution < 1.29 is 4.79 Å². The number of amides is 1. The Morgan fingerprint density at radius 1 is 1.30 bits per heavy atom. The van der Waals surface area contributed by atoms with Gasteiger partial charge in [0.25, 0.3) is 5.91 Å². The highest BCUT2D eigenvalue weighted by Crippen LogP contribution is 2.18. The molecule has 1 fully saturated rings. The van der Waals surface area contributed by atoms with Gasteiger partial charge in [0.15, 0.2) is 0 Å². The largest absolute Gasteiger partial charge is 0.364 e. The second-order valence-electron chi connectivity index (χ2n) is 7.41. The van der Waals surface area contributed by atoms with E-state index in [1.54, 1.807) is 6.20 Å². The highest BCUT2D eigenvalue weighted by Gasteiger charge is 2.22.